The van der Waals surface area contributed by atoms with Crippen molar-refractivity contribution < 1.29 is 9.53 Å². The van der Waals surface area contributed by atoms with E-state index in [0.29, 0.717) is 17.3 Å². The Kier molecular flexibility index (Phi) is 6.33. The van der Waals surface area contributed by atoms with Crippen LogP contribution in [0.2, 0.25) is 5.02 Å². The number of hydrogen-bond donors (Lipinski definition) is 2. The molecule has 4 nitrogen and oxygen atoms in total. The number of nitrogens with one attached hydrogen (secondary N) is 2. The Balaban J connectivity index is 2.11. The molecule has 1 amide bonds. The SMILES string of the molecule is CCCNCc1cccc(Cl)c1OC1CCCCNC1=O. The zero-order valence-corrected chi connectivity index (χ0v) is 13.2. The molecule has 0 aliphatic carbocycles. The van der Waals surface area contributed by atoms with Gasteiger partial charge in [-0.15, -0.1) is 0 Å². The lowest BCUT2D eigenvalue weighted by Crippen LogP contribution is -2.36. The number of halogens is 1. The second-order valence-electron chi connectivity index (χ2n) is 5.30. The summed E-state index contributed by atoms with van der Waals surface area (Å²) in [6, 6.07) is 5.69. The van der Waals surface area contributed by atoms with Crippen molar-refractivity contribution in [2.45, 2.75) is 45.3 Å². The molecule has 2 rings (SSSR count). The first-order valence-electron chi connectivity index (χ1n) is 7.65. The number of para-hydroxylation sites is 1. The first-order valence-corrected chi connectivity index (χ1v) is 8.02. The average Bonchev–Trinajstić information content (AvgIpc) is 2.67. The summed E-state index contributed by atoms with van der Waals surface area (Å²) in [6.45, 7) is 4.48. The van der Waals surface area contributed by atoms with Gasteiger partial charge in [0.15, 0.2) is 6.10 Å². The van der Waals surface area contributed by atoms with Crippen molar-refractivity contribution in [3.05, 3.63) is 28.8 Å². The monoisotopic (exact) mass is 310 g/mol. The topological polar surface area (TPSA) is 50.4 Å². The molecule has 1 saturated heterocycles. The van der Waals surface area contributed by atoms with Crippen molar-refractivity contribution in [3.63, 3.8) is 0 Å². The third-order valence-electron chi connectivity index (χ3n) is 3.54. The molecule has 116 valence electrons. The van der Waals surface area contributed by atoms with Crippen LogP contribution < -0.4 is 15.4 Å². The van der Waals surface area contributed by atoms with Gasteiger partial charge in [-0.25, -0.2) is 0 Å². The van der Waals surface area contributed by atoms with E-state index in [0.717, 1.165) is 44.3 Å². The molecule has 5 heteroatoms. The van der Waals surface area contributed by atoms with Crippen LogP contribution >= 0.6 is 11.6 Å². The summed E-state index contributed by atoms with van der Waals surface area (Å²) in [5.74, 6) is 0.588. The minimum Gasteiger partial charge on any atom is -0.479 e. The summed E-state index contributed by atoms with van der Waals surface area (Å²) >= 11 is 6.27. The van der Waals surface area contributed by atoms with Crippen molar-refractivity contribution >= 4 is 17.5 Å². The van der Waals surface area contributed by atoms with Gasteiger partial charge in [0.25, 0.3) is 5.91 Å². The molecule has 1 fully saturated rings. The van der Waals surface area contributed by atoms with Gasteiger partial charge in [-0.1, -0.05) is 30.7 Å². The van der Waals surface area contributed by atoms with E-state index in [1.165, 1.54) is 0 Å². The fourth-order valence-corrected chi connectivity index (χ4v) is 2.63. The van der Waals surface area contributed by atoms with Crippen LogP contribution in [-0.2, 0) is 11.3 Å². The maximum Gasteiger partial charge on any atom is 0.261 e. The Bertz CT molecular complexity index is 479. The molecule has 1 aliphatic rings. The Morgan fingerprint density at radius 2 is 2.29 bits per heavy atom. The Morgan fingerprint density at radius 1 is 1.43 bits per heavy atom. The van der Waals surface area contributed by atoms with Gasteiger partial charge in [-0.2, -0.15) is 0 Å². The molecular formula is C16H23ClN2O2. The highest BCUT2D eigenvalue weighted by atomic mass is 35.5. The number of hydrogen-bond acceptors (Lipinski definition) is 3. The normalized spacial score (nSPS) is 19.0. The molecule has 0 bridgehead atoms. The average molecular weight is 311 g/mol. The molecule has 2 N–H and O–H groups in total. The summed E-state index contributed by atoms with van der Waals surface area (Å²) in [5.41, 5.74) is 0.994. The van der Waals surface area contributed by atoms with Crippen LogP contribution in [0.1, 0.15) is 38.2 Å². The predicted octanol–water partition coefficient (Wildman–Crippen LogP) is 2.89. The van der Waals surface area contributed by atoms with E-state index in [-0.39, 0.29) is 5.91 Å². The van der Waals surface area contributed by atoms with E-state index in [2.05, 4.69) is 17.6 Å². The quantitative estimate of drug-likeness (QED) is 0.794. The zero-order valence-electron chi connectivity index (χ0n) is 12.5. The lowest BCUT2D eigenvalue weighted by atomic mass is 10.1. The fraction of sp³-hybridized carbons (Fsp3) is 0.562. The van der Waals surface area contributed by atoms with Gasteiger partial charge in [0.05, 0.1) is 5.02 Å². The molecule has 21 heavy (non-hydrogen) atoms. The van der Waals surface area contributed by atoms with Gasteiger partial charge in [0.1, 0.15) is 5.75 Å². The van der Waals surface area contributed by atoms with Gasteiger partial charge in [-0.05, 0) is 38.3 Å². The number of carbonyl (C=O) groups is 1. The number of benzene rings is 1. The Labute approximate surface area is 131 Å². The first kappa shape index (κ1) is 16.1. The molecule has 1 atom stereocenters. The molecule has 1 aliphatic heterocycles. The molecular weight excluding hydrogens is 288 g/mol. The van der Waals surface area contributed by atoms with E-state index >= 15 is 0 Å². The second-order valence-corrected chi connectivity index (χ2v) is 5.71. The van der Waals surface area contributed by atoms with Gasteiger partial charge in [0, 0.05) is 18.7 Å². The maximum atomic E-state index is 12.0. The van der Waals surface area contributed by atoms with Gasteiger partial charge < -0.3 is 15.4 Å². The number of ether oxygens (including phenoxy) is 1. The van der Waals surface area contributed by atoms with E-state index in [1.807, 2.05) is 12.1 Å². The second kappa shape index (κ2) is 8.25. The van der Waals surface area contributed by atoms with E-state index < -0.39 is 6.10 Å². The number of amides is 1. The van der Waals surface area contributed by atoms with Crippen molar-refractivity contribution in [1.29, 1.82) is 0 Å². The van der Waals surface area contributed by atoms with E-state index in [1.54, 1.807) is 6.07 Å². The van der Waals surface area contributed by atoms with Crippen LogP contribution in [0.4, 0.5) is 0 Å². The highest BCUT2D eigenvalue weighted by Crippen LogP contribution is 2.30. The van der Waals surface area contributed by atoms with Crippen molar-refractivity contribution in [1.82, 2.24) is 10.6 Å². The fourth-order valence-electron chi connectivity index (χ4n) is 2.39. The summed E-state index contributed by atoms with van der Waals surface area (Å²) < 4.78 is 5.96. The van der Waals surface area contributed by atoms with Crippen LogP contribution in [0, 0.1) is 0 Å². The molecule has 1 aromatic rings. The van der Waals surface area contributed by atoms with Gasteiger partial charge in [0.2, 0.25) is 0 Å². The summed E-state index contributed by atoms with van der Waals surface area (Å²) in [6.07, 6.45) is 3.34. The third kappa shape index (κ3) is 4.61. The molecule has 0 spiro atoms. The minimum absolute atomic E-state index is 0.0418. The highest BCUT2D eigenvalue weighted by Gasteiger charge is 2.24. The Hall–Kier alpha value is -1.26. The van der Waals surface area contributed by atoms with E-state index in [4.69, 9.17) is 16.3 Å². The van der Waals surface area contributed by atoms with Crippen LogP contribution in [0.3, 0.4) is 0 Å². The zero-order chi connectivity index (χ0) is 15.1. The maximum absolute atomic E-state index is 12.0. The van der Waals surface area contributed by atoms with Crippen molar-refractivity contribution in [2.24, 2.45) is 0 Å². The van der Waals surface area contributed by atoms with E-state index in [9.17, 15) is 4.79 Å². The van der Waals surface area contributed by atoms with Crippen molar-refractivity contribution in [3.8, 4) is 5.75 Å². The van der Waals surface area contributed by atoms with Gasteiger partial charge in [-0.3, -0.25) is 4.79 Å². The lowest BCUT2D eigenvalue weighted by molar-refractivity contribution is -0.127. The van der Waals surface area contributed by atoms with Crippen LogP contribution in [0.25, 0.3) is 0 Å². The van der Waals surface area contributed by atoms with Crippen molar-refractivity contribution in [2.75, 3.05) is 13.1 Å². The molecule has 0 saturated carbocycles. The van der Waals surface area contributed by atoms with Gasteiger partial charge >= 0.3 is 0 Å². The molecule has 0 aromatic heterocycles. The molecule has 1 unspecified atom stereocenters. The smallest absolute Gasteiger partial charge is 0.261 e. The van der Waals surface area contributed by atoms with Crippen LogP contribution in [0.15, 0.2) is 18.2 Å². The molecule has 1 heterocycles. The Morgan fingerprint density at radius 3 is 3.10 bits per heavy atom. The largest absolute Gasteiger partial charge is 0.479 e. The summed E-state index contributed by atoms with van der Waals surface area (Å²) in [5, 5.41) is 6.78. The minimum atomic E-state index is -0.447. The highest BCUT2D eigenvalue weighted by molar-refractivity contribution is 6.32. The number of carbonyl (C=O) groups excluding carboxylic acids is 1. The predicted molar refractivity (Wildman–Crippen MR) is 84.7 cm³/mol. The lowest BCUT2D eigenvalue weighted by Gasteiger charge is -2.19. The molecule has 1 aromatic carbocycles. The number of rotatable bonds is 6. The summed E-state index contributed by atoms with van der Waals surface area (Å²) in [7, 11) is 0. The summed E-state index contributed by atoms with van der Waals surface area (Å²) in [4.78, 5) is 12.0. The molecule has 0 radical (unpaired) electrons. The standard InChI is InChI=1S/C16H23ClN2O2/c1-2-9-18-11-12-6-5-7-13(17)15(12)21-14-8-3-4-10-19-16(14)20/h5-7,14,18H,2-4,8-11H2,1H3,(H,19,20). The van der Waals surface area contributed by atoms with Crippen LogP contribution in [-0.4, -0.2) is 25.1 Å². The third-order valence-corrected chi connectivity index (χ3v) is 3.83. The van der Waals surface area contributed by atoms with Crippen LogP contribution in [0.5, 0.6) is 5.75 Å². The first-order chi connectivity index (χ1) is 10.2.